The van der Waals surface area contributed by atoms with E-state index in [4.69, 9.17) is 14.0 Å². The molecule has 5 nitrogen and oxygen atoms in total. The highest BCUT2D eigenvalue weighted by atomic mass is 19.1. The number of hydrogen-bond acceptors (Lipinski definition) is 5. The van der Waals surface area contributed by atoms with Gasteiger partial charge >= 0.3 is 0 Å². The lowest BCUT2D eigenvalue weighted by Gasteiger charge is -2.22. The molecular weight excluding hydrogens is 371 g/mol. The highest BCUT2D eigenvalue weighted by Gasteiger charge is 2.19. The van der Waals surface area contributed by atoms with Gasteiger partial charge in [0.05, 0.1) is 12.5 Å². The zero-order chi connectivity index (χ0) is 20.1. The summed E-state index contributed by atoms with van der Waals surface area (Å²) in [5.74, 6) is 0.601. The molecule has 2 atom stereocenters. The van der Waals surface area contributed by atoms with Crippen molar-refractivity contribution < 1.29 is 18.4 Å². The van der Waals surface area contributed by atoms with Crippen LogP contribution in [-0.2, 0) is 15.9 Å². The second kappa shape index (κ2) is 9.29. The van der Waals surface area contributed by atoms with Gasteiger partial charge in [0.25, 0.3) is 0 Å². The number of ether oxygens (including phenoxy) is 2. The molecule has 1 aliphatic rings. The molecule has 1 aromatic heterocycles. The summed E-state index contributed by atoms with van der Waals surface area (Å²) < 4.78 is 31.3. The van der Waals surface area contributed by atoms with E-state index < -0.39 is 0 Å². The molecule has 3 aromatic rings. The molecule has 29 heavy (non-hydrogen) atoms. The van der Waals surface area contributed by atoms with Crippen molar-refractivity contribution in [1.82, 2.24) is 10.1 Å². The minimum Gasteiger partial charge on any atom is -0.353 e. The fourth-order valence-corrected chi connectivity index (χ4v) is 3.46. The Balaban J connectivity index is 1.38. The van der Waals surface area contributed by atoms with Crippen LogP contribution in [0.5, 0.6) is 0 Å². The van der Waals surface area contributed by atoms with Crippen LogP contribution in [0.2, 0.25) is 0 Å². The number of hydrogen-bond donors (Lipinski definition) is 0. The van der Waals surface area contributed by atoms with Crippen LogP contribution in [0.1, 0.15) is 49.4 Å². The monoisotopic (exact) mass is 396 g/mol. The van der Waals surface area contributed by atoms with E-state index in [1.54, 1.807) is 12.1 Å². The maximum atomic E-state index is 14.7. The molecule has 0 aliphatic carbocycles. The van der Waals surface area contributed by atoms with Crippen LogP contribution in [0, 0.1) is 5.82 Å². The van der Waals surface area contributed by atoms with E-state index in [1.165, 1.54) is 0 Å². The predicted octanol–water partition coefficient (Wildman–Crippen LogP) is 5.11. The molecule has 2 heterocycles. The quantitative estimate of drug-likeness (QED) is 0.555. The zero-order valence-corrected chi connectivity index (χ0v) is 16.5. The maximum Gasteiger partial charge on any atom is 0.233 e. The van der Waals surface area contributed by atoms with E-state index in [-0.39, 0.29) is 18.0 Å². The van der Waals surface area contributed by atoms with Crippen LogP contribution in [0.15, 0.2) is 53.1 Å². The average molecular weight is 396 g/mol. The van der Waals surface area contributed by atoms with E-state index in [1.807, 2.05) is 43.3 Å². The van der Waals surface area contributed by atoms with Crippen LogP contribution in [-0.4, -0.2) is 29.6 Å². The molecule has 0 amide bonds. The minimum absolute atomic E-state index is 0.125. The van der Waals surface area contributed by atoms with Gasteiger partial charge in [0.15, 0.2) is 12.1 Å². The Bertz CT molecular complexity index is 923. The zero-order valence-electron chi connectivity index (χ0n) is 16.5. The van der Waals surface area contributed by atoms with E-state index in [0.29, 0.717) is 30.3 Å². The first-order valence-electron chi connectivity index (χ1n) is 10.1. The van der Waals surface area contributed by atoms with Crippen molar-refractivity contribution in [3.8, 4) is 11.1 Å². The topological polar surface area (TPSA) is 57.4 Å². The van der Waals surface area contributed by atoms with Gasteiger partial charge in [0, 0.05) is 18.6 Å². The molecule has 0 spiro atoms. The molecule has 2 unspecified atom stereocenters. The highest BCUT2D eigenvalue weighted by molar-refractivity contribution is 5.64. The van der Waals surface area contributed by atoms with Crippen molar-refractivity contribution in [2.24, 2.45) is 0 Å². The normalized spacial score (nSPS) is 17.9. The van der Waals surface area contributed by atoms with Crippen molar-refractivity contribution in [1.29, 1.82) is 0 Å². The Hall–Kier alpha value is -2.57. The summed E-state index contributed by atoms with van der Waals surface area (Å²) in [5, 5.41) is 4.03. The van der Waals surface area contributed by atoms with Crippen LogP contribution >= 0.6 is 0 Å². The molecule has 0 bridgehead atoms. The lowest BCUT2D eigenvalue weighted by Crippen LogP contribution is -2.23. The molecule has 152 valence electrons. The van der Waals surface area contributed by atoms with Crippen molar-refractivity contribution in [3.05, 3.63) is 71.6 Å². The van der Waals surface area contributed by atoms with Crippen molar-refractivity contribution in [3.63, 3.8) is 0 Å². The van der Waals surface area contributed by atoms with Gasteiger partial charge in [-0.1, -0.05) is 47.6 Å². The summed E-state index contributed by atoms with van der Waals surface area (Å²) in [6.45, 7) is 3.17. The molecule has 2 aromatic carbocycles. The largest absolute Gasteiger partial charge is 0.353 e. The predicted molar refractivity (Wildman–Crippen MR) is 107 cm³/mol. The summed E-state index contributed by atoms with van der Waals surface area (Å²) in [4.78, 5) is 4.46. The molecule has 0 radical (unpaired) electrons. The third-order valence-electron chi connectivity index (χ3n) is 5.20. The number of nitrogens with zero attached hydrogens (tertiary/aromatic N) is 2. The van der Waals surface area contributed by atoms with E-state index in [0.717, 1.165) is 37.0 Å². The summed E-state index contributed by atoms with van der Waals surface area (Å²) in [6.07, 6.45) is 3.59. The summed E-state index contributed by atoms with van der Waals surface area (Å²) in [6, 6.07) is 14.7. The Morgan fingerprint density at radius 2 is 2.03 bits per heavy atom. The smallest absolute Gasteiger partial charge is 0.233 e. The van der Waals surface area contributed by atoms with Gasteiger partial charge in [-0.05, 0) is 43.4 Å². The van der Waals surface area contributed by atoms with Crippen molar-refractivity contribution >= 4 is 0 Å². The number of benzene rings is 2. The van der Waals surface area contributed by atoms with Gasteiger partial charge in [0.2, 0.25) is 5.89 Å². The Labute approximate surface area is 169 Å². The number of rotatable bonds is 7. The van der Waals surface area contributed by atoms with Gasteiger partial charge < -0.3 is 14.0 Å². The fraction of sp³-hybridized carbons (Fsp3) is 0.391. The Kier molecular flexibility index (Phi) is 6.32. The molecule has 4 rings (SSSR count). The summed E-state index contributed by atoms with van der Waals surface area (Å²) >= 11 is 0. The molecule has 1 fully saturated rings. The first-order valence-corrected chi connectivity index (χ1v) is 10.1. The Morgan fingerprint density at radius 1 is 1.17 bits per heavy atom. The first kappa shape index (κ1) is 19.7. The molecule has 1 saturated heterocycles. The second-order valence-electron chi connectivity index (χ2n) is 7.29. The average Bonchev–Trinajstić information content (AvgIpc) is 3.23. The van der Waals surface area contributed by atoms with Crippen molar-refractivity contribution in [2.75, 3.05) is 13.2 Å². The van der Waals surface area contributed by atoms with E-state index >= 15 is 0 Å². The summed E-state index contributed by atoms with van der Waals surface area (Å²) in [7, 11) is 0. The highest BCUT2D eigenvalue weighted by Crippen LogP contribution is 2.28. The number of aromatic nitrogens is 2. The molecule has 0 N–H and O–H groups in total. The van der Waals surface area contributed by atoms with E-state index in [2.05, 4.69) is 10.1 Å². The molecule has 1 aliphatic heterocycles. The standard InChI is InChI=1S/C23H25FN2O3/c1-16(18-10-11-19(20(24)15-18)17-7-3-2-4-8-17)23-25-21(26-29-23)12-14-28-22-9-5-6-13-27-22/h2-4,7-8,10-11,15-16,22H,5-6,9,12-14H2,1H3. The lowest BCUT2D eigenvalue weighted by atomic mass is 9.97. The van der Waals surface area contributed by atoms with E-state index in [9.17, 15) is 4.39 Å². The van der Waals surface area contributed by atoms with Gasteiger partial charge in [-0.2, -0.15) is 4.98 Å². The first-order chi connectivity index (χ1) is 14.2. The van der Waals surface area contributed by atoms with Gasteiger partial charge in [-0.3, -0.25) is 0 Å². The number of halogens is 1. The second-order valence-corrected chi connectivity index (χ2v) is 7.29. The van der Waals surface area contributed by atoms with Crippen LogP contribution in [0.4, 0.5) is 4.39 Å². The van der Waals surface area contributed by atoms with Gasteiger partial charge in [-0.25, -0.2) is 4.39 Å². The van der Waals surface area contributed by atoms with Crippen LogP contribution < -0.4 is 0 Å². The van der Waals surface area contributed by atoms with Crippen LogP contribution in [0.3, 0.4) is 0 Å². The maximum absolute atomic E-state index is 14.7. The third kappa shape index (κ3) is 4.89. The minimum atomic E-state index is -0.263. The van der Waals surface area contributed by atoms with Crippen LogP contribution in [0.25, 0.3) is 11.1 Å². The Morgan fingerprint density at radius 3 is 2.79 bits per heavy atom. The third-order valence-corrected chi connectivity index (χ3v) is 5.20. The molecular formula is C23H25FN2O3. The fourth-order valence-electron chi connectivity index (χ4n) is 3.46. The SMILES string of the molecule is CC(c1ccc(-c2ccccc2)c(F)c1)c1nc(CCOC2CCCCO2)no1. The van der Waals surface area contributed by atoms with Crippen molar-refractivity contribution in [2.45, 2.75) is 44.8 Å². The molecule has 0 saturated carbocycles. The lowest BCUT2D eigenvalue weighted by molar-refractivity contribution is -0.161. The van der Waals surface area contributed by atoms with Gasteiger partial charge in [0.1, 0.15) is 5.82 Å². The van der Waals surface area contributed by atoms with Gasteiger partial charge in [-0.15, -0.1) is 0 Å². The summed E-state index contributed by atoms with van der Waals surface area (Å²) in [5.41, 5.74) is 2.23. The molecule has 6 heteroatoms.